The van der Waals surface area contributed by atoms with Gasteiger partial charge >= 0.3 is 11.9 Å². The highest BCUT2D eigenvalue weighted by Crippen LogP contribution is 2.43. The summed E-state index contributed by atoms with van der Waals surface area (Å²) in [5.74, 6) is -0.168. The fourth-order valence-electron chi connectivity index (χ4n) is 6.25. The Morgan fingerprint density at radius 1 is 1.09 bits per heavy atom. The Morgan fingerprint density at radius 2 is 1.84 bits per heavy atom. The molecule has 0 bridgehead atoms. The average Bonchev–Trinajstić information content (AvgIpc) is 3.57. The summed E-state index contributed by atoms with van der Waals surface area (Å²) >= 11 is 1.53. The van der Waals surface area contributed by atoms with E-state index in [1.807, 2.05) is 28.1 Å². The lowest BCUT2D eigenvalue weighted by atomic mass is 9.86. The largest absolute Gasteiger partial charge is 0.493 e. The second-order valence-electron chi connectivity index (χ2n) is 11.8. The van der Waals surface area contributed by atoms with E-state index in [1.165, 1.54) is 30.7 Å². The van der Waals surface area contributed by atoms with Crippen LogP contribution in [0.1, 0.15) is 59.0 Å². The second kappa shape index (κ2) is 12.3. The predicted octanol–water partition coefficient (Wildman–Crippen LogP) is 6.17. The van der Waals surface area contributed by atoms with Gasteiger partial charge in [-0.05, 0) is 73.1 Å². The zero-order valence-corrected chi connectivity index (χ0v) is 25.8. The Labute approximate surface area is 259 Å². The molecule has 6 rings (SSSR count). The van der Waals surface area contributed by atoms with Crippen molar-refractivity contribution in [2.45, 2.75) is 39.2 Å². The SMILES string of the molecule is COC(=O)c1ccc(N2CCC(COc3cc4c(cc3-c3nccs3)-c3cc(=O)c(C(=O)O)cn3C(C(C)C)C4)CC2)cc1. The van der Waals surface area contributed by atoms with Crippen LogP contribution in [0.3, 0.4) is 0 Å². The topological polar surface area (TPSA) is 111 Å². The number of aromatic nitrogens is 2. The molecule has 2 aliphatic heterocycles. The summed E-state index contributed by atoms with van der Waals surface area (Å²) < 4.78 is 13.3. The van der Waals surface area contributed by atoms with E-state index in [2.05, 4.69) is 29.8 Å². The third-order valence-corrected chi connectivity index (χ3v) is 9.56. The van der Waals surface area contributed by atoms with Crippen molar-refractivity contribution in [2.75, 3.05) is 31.7 Å². The van der Waals surface area contributed by atoms with Crippen LogP contribution in [0.5, 0.6) is 5.75 Å². The Morgan fingerprint density at radius 3 is 2.48 bits per heavy atom. The number of esters is 1. The third kappa shape index (κ3) is 5.74. The zero-order chi connectivity index (χ0) is 31.0. The van der Waals surface area contributed by atoms with Gasteiger partial charge in [0.15, 0.2) is 5.43 Å². The van der Waals surface area contributed by atoms with E-state index in [-0.39, 0.29) is 23.5 Å². The summed E-state index contributed by atoms with van der Waals surface area (Å²) in [5, 5.41) is 12.4. The zero-order valence-electron chi connectivity index (χ0n) is 25.0. The lowest BCUT2D eigenvalue weighted by Crippen LogP contribution is -2.35. The number of pyridine rings is 1. The van der Waals surface area contributed by atoms with Crippen molar-refractivity contribution >= 4 is 29.0 Å². The Bertz CT molecular complexity index is 1740. The van der Waals surface area contributed by atoms with E-state index in [1.54, 1.807) is 18.3 Å². The maximum absolute atomic E-state index is 12.8. The molecule has 9 nitrogen and oxygen atoms in total. The van der Waals surface area contributed by atoms with Gasteiger partial charge < -0.3 is 24.0 Å². The van der Waals surface area contributed by atoms with Crippen molar-refractivity contribution in [2.24, 2.45) is 11.8 Å². The van der Waals surface area contributed by atoms with Crippen LogP contribution in [0, 0.1) is 11.8 Å². The summed E-state index contributed by atoms with van der Waals surface area (Å²) in [5.41, 5.74) is 4.48. The Hall–Kier alpha value is -4.44. The molecule has 2 aliphatic rings. The van der Waals surface area contributed by atoms with Crippen molar-refractivity contribution in [1.29, 1.82) is 0 Å². The average molecular weight is 614 g/mol. The van der Waals surface area contributed by atoms with E-state index in [4.69, 9.17) is 9.47 Å². The van der Waals surface area contributed by atoms with Crippen LogP contribution in [0.25, 0.3) is 21.8 Å². The number of aromatic carboxylic acids is 1. The molecule has 0 spiro atoms. The number of benzene rings is 2. The molecular formula is C34H35N3O6S. The summed E-state index contributed by atoms with van der Waals surface area (Å²) in [7, 11) is 1.38. The molecule has 1 saturated heterocycles. The number of hydrogen-bond donors (Lipinski definition) is 1. The van der Waals surface area contributed by atoms with Gasteiger partial charge in [-0.2, -0.15) is 0 Å². The molecule has 0 amide bonds. The lowest BCUT2D eigenvalue weighted by Gasteiger charge is -2.35. The minimum Gasteiger partial charge on any atom is -0.493 e. The van der Waals surface area contributed by atoms with Crippen molar-refractivity contribution in [1.82, 2.24) is 9.55 Å². The van der Waals surface area contributed by atoms with Crippen molar-refractivity contribution in [3.8, 4) is 27.6 Å². The summed E-state index contributed by atoms with van der Waals surface area (Å²) in [6.45, 7) is 6.60. The molecule has 1 N–H and O–H groups in total. The van der Waals surface area contributed by atoms with Gasteiger partial charge in [-0.15, -0.1) is 11.3 Å². The number of thiazole rings is 1. The molecule has 4 aromatic rings. The van der Waals surface area contributed by atoms with Crippen LogP contribution in [0.15, 0.2) is 65.0 Å². The lowest BCUT2D eigenvalue weighted by molar-refractivity contribution is 0.0599. The molecule has 10 heteroatoms. The van der Waals surface area contributed by atoms with Gasteiger partial charge in [-0.3, -0.25) is 4.79 Å². The van der Waals surface area contributed by atoms with Gasteiger partial charge in [0.25, 0.3) is 0 Å². The van der Waals surface area contributed by atoms with Crippen LogP contribution in [-0.2, 0) is 11.2 Å². The predicted molar refractivity (Wildman–Crippen MR) is 170 cm³/mol. The molecule has 44 heavy (non-hydrogen) atoms. The molecule has 0 radical (unpaired) electrons. The number of carbonyl (C=O) groups excluding carboxylic acids is 1. The van der Waals surface area contributed by atoms with E-state index in [9.17, 15) is 19.5 Å². The maximum Gasteiger partial charge on any atom is 0.341 e. The number of fused-ring (bicyclic) bond motifs is 3. The minimum absolute atomic E-state index is 0.000718. The van der Waals surface area contributed by atoms with Gasteiger partial charge in [-0.1, -0.05) is 13.8 Å². The summed E-state index contributed by atoms with van der Waals surface area (Å²) in [6.07, 6.45) is 5.93. The number of methoxy groups -OCH3 is 1. The van der Waals surface area contributed by atoms with Gasteiger partial charge in [-0.25, -0.2) is 14.6 Å². The van der Waals surface area contributed by atoms with Crippen molar-refractivity contribution in [3.63, 3.8) is 0 Å². The number of anilines is 1. The molecule has 2 aromatic heterocycles. The number of nitrogens with zero attached hydrogens (tertiary/aromatic N) is 3. The van der Waals surface area contributed by atoms with Crippen LogP contribution >= 0.6 is 11.3 Å². The molecule has 0 aliphatic carbocycles. The number of carbonyl (C=O) groups is 2. The van der Waals surface area contributed by atoms with Crippen LogP contribution in [-0.4, -0.2) is 53.4 Å². The summed E-state index contributed by atoms with van der Waals surface area (Å²) in [4.78, 5) is 43.2. The Balaban J connectivity index is 1.24. The summed E-state index contributed by atoms with van der Waals surface area (Å²) in [6, 6.07) is 13.1. The molecule has 0 saturated carbocycles. The molecule has 4 heterocycles. The first-order chi connectivity index (χ1) is 21.2. The molecule has 1 atom stereocenters. The standard InChI is InChI=1S/C34H35N3O6S/c1-20(2)28-14-23-15-31(43-19-21-8-11-36(12-9-21)24-6-4-22(5-7-24)34(41)42-3)26(32-35-10-13-44-32)16-25(23)29-17-30(38)27(33(39)40)18-37(28)29/h4-7,10,13,15-18,20-21,28H,8-9,11-12,14,19H2,1-3H3,(H,39,40). The van der Waals surface area contributed by atoms with E-state index < -0.39 is 11.4 Å². The molecule has 1 unspecified atom stereocenters. The molecular weight excluding hydrogens is 578 g/mol. The van der Waals surface area contributed by atoms with Crippen molar-refractivity contribution < 1.29 is 24.2 Å². The molecule has 228 valence electrons. The minimum atomic E-state index is -1.21. The number of carboxylic acid groups (broad SMARTS) is 1. The first-order valence-electron chi connectivity index (χ1n) is 14.9. The second-order valence-corrected chi connectivity index (χ2v) is 12.7. The van der Waals surface area contributed by atoms with Gasteiger partial charge in [0.1, 0.15) is 16.3 Å². The molecule has 1 fully saturated rings. The third-order valence-electron chi connectivity index (χ3n) is 8.75. The highest BCUT2D eigenvalue weighted by atomic mass is 32.1. The monoisotopic (exact) mass is 613 g/mol. The van der Waals surface area contributed by atoms with Crippen LogP contribution in [0.2, 0.25) is 0 Å². The quantitative estimate of drug-likeness (QED) is 0.235. The van der Waals surface area contributed by atoms with Crippen LogP contribution in [0.4, 0.5) is 5.69 Å². The van der Waals surface area contributed by atoms with E-state index >= 15 is 0 Å². The number of piperidine rings is 1. The maximum atomic E-state index is 12.8. The number of rotatable bonds is 8. The number of carboxylic acids is 1. The fourth-order valence-corrected chi connectivity index (χ4v) is 6.90. The normalized spacial score (nSPS) is 16.4. The smallest absolute Gasteiger partial charge is 0.341 e. The fraction of sp³-hybridized carbons (Fsp3) is 0.353. The first-order valence-corrected chi connectivity index (χ1v) is 15.7. The Kier molecular flexibility index (Phi) is 8.27. The van der Waals surface area contributed by atoms with Gasteiger partial charge in [0.05, 0.1) is 30.5 Å². The van der Waals surface area contributed by atoms with Gasteiger partial charge in [0.2, 0.25) is 0 Å². The first kappa shape index (κ1) is 29.6. The van der Waals surface area contributed by atoms with E-state index in [0.717, 1.165) is 64.8 Å². The highest BCUT2D eigenvalue weighted by Gasteiger charge is 2.30. The number of hydrogen-bond acceptors (Lipinski definition) is 8. The molecule has 2 aromatic carbocycles. The van der Waals surface area contributed by atoms with Crippen LogP contribution < -0.4 is 15.1 Å². The highest BCUT2D eigenvalue weighted by molar-refractivity contribution is 7.13. The number of ether oxygens (including phenoxy) is 2. The van der Waals surface area contributed by atoms with Gasteiger partial charge in [0, 0.05) is 54.2 Å². The van der Waals surface area contributed by atoms with E-state index in [0.29, 0.717) is 24.5 Å². The van der Waals surface area contributed by atoms with Crippen molar-refractivity contribution in [3.05, 3.63) is 87.2 Å².